The molecule has 0 aliphatic heterocycles. The lowest BCUT2D eigenvalue weighted by molar-refractivity contribution is -0.120. The Morgan fingerprint density at radius 3 is 2.79 bits per heavy atom. The summed E-state index contributed by atoms with van der Waals surface area (Å²) in [7, 11) is 0. The molecule has 1 amide bonds. The first-order chi connectivity index (χ1) is 9.22. The second-order valence-corrected chi connectivity index (χ2v) is 4.67. The van der Waals surface area contributed by atoms with Crippen LogP contribution < -0.4 is 5.32 Å². The summed E-state index contributed by atoms with van der Waals surface area (Å²) in [4.78, 5) is 15.8. The predicted molar refractivity (Wildman–Crippen MR) is 78.6 cm³/mol. The minimum absolute atomic E-state index is 0.00784. The monoisotopic (exact) mass is 275 g/mol. The van der Waals surface area contributed by atoms with E-state index in [1.165, 1.54) is 0 Å². The van der Waals surface area contributed by atoms with Gasteiger partial charge in [-0.1, -0.05) is 18.2 Å². The average Bonchev–Trinajstić information content (AvgIpc) is 2.79. The summed E-state index contributed by atoms with van der Waals surface area (Å²) in [6, 6.07) is 9.99. The van der Waals surface area contributed by atoms with E-state index in [0.717, 1.165) is 17.2 Å². The van der Waals surface area contributed by atoms with Crippen molar-refractivity contribution in [2.24, 2.45) is 0 Å². The van der Waals surface area contributed by atoms with Crippen LogP contribution in [0.3, 0.4) is 0 Å². The average molecular weight is 275 g/mol. The molecule has 5 heteroatoms. The van der Waals surface area contributed by atoms with E-state index in [2.05, 4.69) is 22.9 Å². The molecule has 1 aromatic heterocycles. The van der Waals surface area contributed by atoms with Gasteiger partial charge in [-0.2, -0.15) is 12.6 Å². The summed E-state index contributed by atoms with van der Waals surface area (Å²) in [5.74, 6) is 1.47. The van der Waals surface area contributed by atoms with Crippen molar-refractivity contribution in [3.63, 3.8) is 0 Å². The van der Waals surface area contributed by atoms with Crippen LogP contribution in [0.4, 0.5) is 0 Å². The van der Waals surface area contributed by atoms with Gasteiger partial charge in [0, 0.05) is 12.1 Å². The number of hydrogen-bond donors (Lipinski definition) is 2. The maximum absolute atomic E-state index is 11.5. The number of aryl methyl sites for hydroxylation is 1. The number of hydrogen-bond acceptors (Lipinski definition) is 3. The molecule has 0 atom stereocenters. The number of amides is 1. The third kappa shape index (κ3) is 3.38. The summed E-state index contributed by atoms with van der Waals surface area (Å²) < 4.78 is 2.04. The van der Waals surface area contributed by atoms with Crippen LogP contribution in [0, 0.1) is 6.92 Å². The molecule has 0 radical (unpaired) electrons. The smallest absolute Gasteiger partial charge is 0.221 e. The molecule has 0 saturated heterocycles. The minimum atomic E-state index is 0.00784. The highest BCUT2D eigenvalue weighted by atomic mass is 32.1. The predicted octanol–water partition coefficient (Wildman–Crippen LogP) is 2.12. The maximum atomic E-state index is 11.5. The highest BCUT2D eigenvalue weighted by Gasteiger charge is 2.09. The largest absolute Gasteiger partial charge is 0.350 e. The first-order valence-electron chi connectivity index (χ1n) is 6.18. The fourth-order valence-corrected chi connectivity index (χ4v) is 2.13. The van der Waals surface area contributed by atoms with E-state index in [9.17, 15) is 4.79 Å². The molecule has 1 heterocycles. The Kier molecular flexibility index (Phi) is 4.63. The Balaban J connectivity index is 2.17. The number of carbonyl (C=O) groups is 1. The van der Waals surface area contributed by atoms with Crippen molar-refractivity contribution >= 4 is 18.5 Å². The topological polar surface area (TPSA) is 46.9 Å². The van der Waals surface area contributed by atoms with E-state index in [1.54, 1.807) is 6.20 Å². The van der Waals surface area contributed by atoms with Crippen LogP contribution in [0.5, 0.6) is 0 Å². The summed E-state index contributed by atoms with van der Waals surface area (Å²) in [5.41, 5.74) is 2.02. The molecule has 0 fully saturated rings. The molecule has 19 heavy (non-hydrogen) atoms. The first kappa shape index (κ1) is 13.7. The Bertz CT molecular complexity index is 551. The van der Waals surface area contributed by atoms with Crippen molar-refractivity contribution < 1.29 is 4.79 Å². The van der Waals surface area contributed by atoms with Crippen LogP contribution in [0.1, 0.15) is 17.9 Å². The summed E-state index contributed by atoms with van der Waals surface area (Å²) in [5, 5.41) is 2.87. The van der Waals surface area contributed by atoms with Crippen LogP contribution in [0.2, 0.25) is 0 Å². The lowest BCUT2D eigenvalue weighted by Crippen LogP contribution is -2.24. The molecule has 4 nitrogen and oxygen atoms in total. The number of carbonyl (C=O) groups excluding carboxylic acids is 1. The molecule has 0 saturated carbocycles. The third-order valence-electron chi connectivity index (χ3n) is 2.83. The fourth-order valence-electron chi connectivity index (χ4n) is 1.92. The number of aromatic nitrogens is 2. The van der Waals surface area contributed by atoms with Gasteiger partial charge in [0.25, 0.3) is 0 Å². The van der Waals surface area contributed by atoms with Gasteiger partial charge >= 0.3 is 0 Å². The van der Waals surface area contributed by atoms with E-state index in [4.69, 9.17) is 0 Å². The number of nitrogens with zero attached hydrogens (tertiary/aromatic N) is 2. The highest BCUT2D eigenvalue weighted by molar-refractivity contribution is 7.80. The quantitative estimate of drug-likeness (QED) is 0.821. The molecule has 0 aliphatic rings. The van der Waals surface area contributed by atoms with Gasteiger partial charge < -0.3 is 5.32 Å². The van der Waals surface area contributed by atoms with Gasteiger partial charge in [0.05, 0.1) is 18.4 Å². The van der Waals surface area contributed by atoms with Gasteiger partial charge in [0.1, 0.15) is 5.82 Å². The SMILES string of the molecule is Cc1ncc(CNC(=O)CCS)n1-c1ccccc1. The Morgan fingerprint density at radius 1 is 1.37 bits per heavy atom. The molecule has 0 bridgehead atoms. The Hall–Kier alpha value is -1.75. The first-order valence-corrected chi connectivity index (χ1v) is 6.82. The zero-order valence-electron chi connectivity index (χ0n) is 10.8. The van der Waals surface area contributed by atoms with Crippen LogP contribution in [0.25, 0.3) is 5.69 Å². The molecule has 0 spiro atoms. The zero-order chi connectivity index (χ0) is 13.7. The van der Waals surface area contributed by atoms with Gasteiger partial charge in [0.2, 0.25) is 5.91 Å². The number of para-hydroxylation sites is 1. The van der Waals surface area contributed by atoms with Gasteiger partial charge in [0.15, 0.2) is 0 Å². The van der Waals surface area contributed by atoms with Gasteiger partial charge in [-0.15, -0.1) is 0 Å². The van der Waals surface area contributed by atoms with Crippen molar-refractivity contribution in [3.05, 3.63) is 48.0 Å². The number of imidazole rings is 1. The van der Waals surface area contributed by atoms with E-state index in [0.29, 0.717) is 18.7 Å². The van der Waals surface area contributed by atoms with Crippen molar-refractivity contribution in [1.82, 2.24) is 14.9 Å². The highest BCUT2D eigenvalue weighted by Crippen LogP contribution is 2.14. The molecule has 0 unspecified atom stereocenters. The second-order valence-electron chi connectivity index (χ2n) is 4.22. The molecule has 1 N–H and O–H groups in total. The zero-order valence-corrected chi connectivity index (χ0v) is 11.7. The molecular weight excluding hydrogens is 258 g/mol. The van der Waals surface area contributed by atoms with E-state index >= 15 is 0 Å². The van der Waals surface area contributed by atoms with Crippen molar-refractivity contribution in [1.29, 1.82) is 0 Å². The summed E-state index contributed by atoms with van der Waals surface area (Å²) in [6.45, 7) is 2.42. The summed E-state index contributed by atoms with van der Waals surface area (Å²) >= 11 is 4.04. The minimum Gasteiger partial charge on any atom is -0.350 e. The fraction of sp³-hybridized carbons (Fsp3) is 0.286. The van der Waals surface area contributed by atoms with E-state index < -0.39 is 0 Å². The van der Waals surface area contributed by atoms with Gasteiger partial charge in [-0.25, -0.2) is 4.98 Å². The molecule has 0 aliphatic carbocycles. The summed E-state index contributed by atoms with van der Waals surface area (Å²) in [6.07, 6.45) is 2.23. The van der Waals surface area contributed by atoms with E-state index in [1.807, 2.05) is 41.8 Å². The van der Waals surface area contributed by atoms with Gasteiger partial charge in [-0.3, -0.25) is 9.36 Å². The standard InChI is InChI=1S/C14H17N3OS/c1-11-15-9-13(10-16-14(18)7-8-19)17(11)12-5-3-2-4-6-12/h2-6,9,19H,7-8,10H2,1H3,(H,16,18). The lowest BCUT2D eigenvalue weighted by atomic mass is 10.3. The van der Waals surface area contributed by atoms with Crippen LogP contribution >= 0.6 is 12.6 Å². The van der Waals surface area contributed by atoms with Crippen molar-refractivity contribution in [3.8, 4) is 5.69 Å². The van der Waals surface area contributed by atoms with Crippen molar-refractivity contribution in [2.45, 2.75) is 19.9 Å². The second kappa shape index (κ2) is 6.43. The number of nitrogens with one attached hydrogen (secondary N) is 1. The number of benzene rings is 1. The Labute approximate surface area is 118 Å². The van der Waals surface area contributed by atoms with E-state index in [-0.39, 0.29) is 5.91 Å². The molecular formula is C14H17N3OS. The molecule has 100 valence electrons. The number of rotatable bonds is 5. The van der Waals surface area contributed by atoms with Crippen LogP contribution in [-0.2, 0) is 11.3 Å². The molecule has 1 aromatic carbocycles. The van der Waals surface area contributed by atoms with Gasteiger partial charge in [-0.05, 0) is 24.8 Å². The lowest BCUT2D eigenvalue weighted by Gasteiger charge is -2.11. The third-order valence-corrected chi connectivity index (χ3v) is 3.05. The van der Waals surface area contributed by atoms with Crippen LogP contribution in [0.15, 0.2) is 36.5 Å². The number of thiol groups is 1. The van der Waals surface area contributed by atoms with Crippen LogP contribution in [-0.4, -0.2) is 21.2 Å². The molecule has 2 rings (SSSR count). The maximum Gasteiger partial charge on any atom is 0.221 e. The van der Waals surface area contributed by atoms with Crippen molar-refractivity contribution in [2.75, 3.05) is 5.75 Å². The molecule has 2 aromatic rings. The Morgan fingerprint density at radius 2 is 2.11 bits per heavy atom. The normalized spacial score (nSPS) is 10.4.